The molecule has 182 valence electrons. The zero-order chi connectivity index (χ0) is 25.0. The summed E-state index contributed by atoms with van der Waals surface area (Å²) in [6.45, 7) is 0. The maximum absolute atomic E-state index is 14.0. The molecule has 3 aromatic carbocycles. The lowest BCUT2D eigenvalue weighted by Gasteiger charge is -2.40. The Bertz CT molecular complexity index is 1260. The first-order valence-electron chi connectivity index (χ1n) is 11.1. The molecule has 35 heavy (non-hydrogen) atoms. The molecular weight excluding hydrogens is 455 g/mol. The molecule has 0 bridgehead atoms. The van der Waals surface area contributed by atoms with Crippen LogP contribution in [0.25, 0.3) is 0 Å². The number of ether oxygens (including phenoxy) is 4. The van der Waals surface area contributed by atoms with Crippen molar-refractivity contribution in [2.75, 3.05) is 21.3 Å². The number of esters is 1. The molecule has 0 unspecified atom stereocenters. The van der Waals surface area contributed by atoms with E-state index in [2.05, 4.69) is 0 Å². The molecule has 3 aromatic rings. The summed E-state index contributed by atoms with van der Waals surface area (Å²) in [6.07, 6.45) is -1.66. The number of methoxy groups -OCH3 is 3. The summed E-state index contributed by atoms with van der Waals surface area (Å²) in [7, 11) is 4.13. The van der Waals surface area contributed by atoms with E-state index in [9.17, 15) is 19.4 Å². The number of hydrogen-bond acceptors (Lipinski definition) is 7. The standard InChI is InChI=1S/C27H25FO7/c1-32-18-13-19(33-2)23-20(14-18)35-27(16-9-11-17(28)12-10-16)22(15-7-5-4-6-8-15)21(25(30)34-3)24(29)26(23,27)31/h4-14,21-22,24,29,31H,1-3H3/t21-,22-,24-,26+,27+/m1/s1. The van der Waals surface area contributed by atoms with Gasteiger partial charge in [-0.05, 0) is 23.3 Å². The Kier molecular flexibility index (Phi) is 5.45. The Labute approximate surface area is 201 Å². The van der Waals surface area contributed by atoms with E-state index in [1.54, 1.807) is 36.4 Å². The number of fused-ring (bicyclic) bond motifs is 3. The van der Waals surface area contributed by atoms with Gasteiger partial charge in [-0.1, -0.05) is 42.5 Å². The van der Waals surface area contributed by atoms with E-state index in [0.717, 1.165) is 0 Å². The summed E-state index contributed by atoms with van der Waals surface area (Å²) < 4.78 is 36.6. The maximum atomic E-state index is 14.0. The Morgan fingerprint density at radius 3 is 2.29 bits per heavy atom. The molecule has 0 amide bonds. The van der Waals surface area contributed by atoms with Crippen LogP contribution < -0.4 is 14.2 Å². The topological polar surface area (TPSA) is 94.5 Å². The first kappa shape index (κ1) is 23.1. The molecule has 7 nitrogen and oxygen atoms in total. The lowest BCUT2D eigenvalue weighted by atomic mass is 9.70. The van der Waals surface area contributed by atoms with Gasteiger partial charge in [0.1, 0.15) is 29.2 Å². The highest BCUT2D eigenvalue weighted by Crippen LogP contribution is 2.70. The highest BCUT2D eigenvalue weighted by molar-refractivity contribution is 5.78. The lowest BCUT2D eigenvalue weighted by Crippen LogP contribution is -2.52. The summed E-state index contributed by atoms with van der Waals surface area (Å²) in [5.41, 5.74) is -2.73. The molecule has 0 aromatic heterocycles. The van der Waals surface area contributed by atoms with Crippen molar-refractivity contribution in [3.8, 4) is 17.2 Å². The third-order valence-corrected chi connectivity index (χ3v) is 7.18. The molecular formula is C27H25FO7. The first-order chi connectivity index (χ1) is 16.8. The van der Waals surface area contributed by atoms with Crippen molar-refractivity contribution >= 4 is 5.97 Å². The monoisotopic (exact) mass is 480 g/mol. The van der Waals surface area contributed by atoms with Crippen molar-refractivity contribution in [3.05, 3.63) is 89.2 Å². The van der Waals surface area contributed by atoms with Crippen LogP contribution in [-0.2, 0) is 20.7 Å². The molecule has 1 heterocycles. The van der Waals surface area contributed by atoms with Gasteiger partial charge in [-0.2, -0.15) is 0 Å². The summed E-state index contributed by atoms with van der Waals surface area (Å²) in [5, 5.41) is 24.3. The molecule has 5 atom stereocenters. The second-order valence-corrected chi connectivity index (χ2v) is 8.70. The SMILES string of the molecule is COC(=O)[C@H]1[C@@H](O)[C@@]2(O)c3c(OC)cc(OC)cc3O[C@@]2(c2ccc(F)cc2)[C@@H]1c1ccccc1. The number of benzene rings is 3. The second-order valence-electron chi connectivity index (χ2n) is 8.70. The van der Waals surface area contributed by atoms with Gasteiger partial charge in [-0.3, -0.25) is 4.79 Å². The van der Waals surface area contributed by atoms with Crippen LogP contribution >= 0.6 is 0 Å². The van der Waals surface area contributed by atoms with E-state index in [0.29, 0.717) is 16.9 Å². The quantitative estimate of drug-likeness (QED) is 0.542. The van der Waals surface area contributed by atoms with Crippen LogP contribution in [0.15, 0.2) is 66.7 Å². The Balaban J connectivity index is 1.89. The van der Waals surface area contributed by atoms with E-state index in [-0.39, 0.29) is 17.1 Å². The van der Waals surface area contributed by atoms with Crippen LogP contribution in [0.2, 0.25) is 0 Å². The molecule has 1 fully saturated rings. The number of rotatable bonds is 5. The number of hydrogen-bond donors (Lipinski definition) is 2. The average molecular weight is 480 g/mol. The van der Waals surface area contributed by atoms with Gasteiger partial charge in [-0.25, -0.2) is 4.39 Å². The Hall–Kier alpha value is -3.62. The van der Waals surface area contributed by atoms with Gasteiger partial charge < -0.3 is 29.2 Å². The van der Waals surface area contributed by atoms with Gasteiger partial charge in [0, 0.05) is 18.1 Å². The van der Waals surface area contributed by atoms with Crippen molar-refractivity contribution in [1.82, 2.24) is 0 Å². The largest absolute Gasteiger partial charge is 0.496 e. The highest BCUT2D eigenvalue weighted by atomic mass is 19.1. The van der Waals surface area contributed by atoms with Crippen molar-refractivity contribution in [2.24, 2.45) is 5.92 Å². The number of aliphatic hydroxyl groups is 2. The van der Waals surface area contributed by atoms with Gasteiger partial charge >= 0.3 is 5.97 Å². The van der Waals surface area contributed by atoms with Crippen LogP contribution in [0.1, 0.15) is 22.6 Å². The fourth-order valence-corrected chi connectivity index (χ4v) is 5.76. The van der Waals surface area contributed by atoms with Crippen LogP contribution in [0.3, 0.4) is 0 Å². The third kappa shape index (κ3) is 3.00. The molecule has 0 radical (unpaired) electrons. The average Bonchev–Trinajstić information content (AvgIpc) is 3.26. The zero-order valence-electron chi connectivity index (χ0n) is 19.4. The maximum Gasteiger partial charge on any atom is 0.312 e. The molecule has 1 aliphatic heterocycles. The van der Waals surface area contributed by atoms with E-state index in [1.807, 2.05) is 6.07 Å². The van der Waals surface area contributed by atoms with Crippen LogP contribution in [-0.4, -0.2) is 43.6 Å². The summed E-state index contributed by atoms with van der Waals surface area (Å²) in [4.78, 5) is 13.1. The van der Waals surface area contributed by atoms with E-state index < -0.39 is 40.9 Å². The normalized spacial score (nSPS) is 28.6. The van der Waals surface area contributed by atoms with E-state index in [4.69, 9.17) is 18.9 Å². The van der Waals surface area contributed by atoms with Gasteiger partial charge in [0.05, 0.1) is 32.8 Å². The van der Waals surface area contributed by atoms with Crippen molar-refractivity contribution < 1.29 is 38.3 Å². The van der Waals surface area contributed by atoms with Gasteiger partial charge in [0.25, 0.3) is 0 Å². The number of carbonyl (C=O) groups is 1. The smallest absolute Gasteiger partial charge is 0.312 e. The van der Waals surface area contributed by atoms with E-state index in [1.165, 1.54) is 45.6 Å². The van der Waals surface area contributed by atoms with Gasteiger partial charge in [0.15, 0.2) is 11.2 Å². The molecule has 5 rings (SSSR count). The number of aliphatic hydroxyl groups excluding tert-OH is 1. The fraction of sp³-hybridized carbons (Fsp3) is 0.296. The minimum atomic E-state index is -2.17. The van der Waals surface area contributed by atoms with Crippen LogP contribution in [0.4, 0.5) is 4.39 Å². The molecule has 1 aliphatic carbocycles. The molecule has 2 aliphatic rings. The van der Waals surface area contributed by atoms with Crippen molar-refractivity contribution in [1.29, 1.82) is 0 Å². The molecule has 1 saturated carbocycles. The van der Waals surface area contributed by atoms with Crippen LogP contribution in [0.5, 0.6) is 17.2 Å². The molecule has 0 spiro atoms. The van der Waals surface area contributed by atoms with Gasteiger partial charge in [0.2, 0.25) is 0 Å². The minimum absolute atomic E-state index is 0.171. The Morgan fingerprint density at radius 1 is 1.00 bits per heavy atom. The predicted molar refractivity (Wildman–Crippen MR) is 123 cm³/mol. The zero-order valence-corrected chi connectivity index (χ0v) is 19.4. The minimum Gasteiger partial charge on any atom is -0.496 e. The summed E-state index contributed by atoms with van der Waals surface area (Å²) >= 11 is 0. The first-order valence-corrected chi connectivity index (χ1v) is 11.1. The molecule has 0 saturated heterocycles. The number of carbonyl (C=O) groups excluding carboxylic acids is 1. The predicted octanol–water partition coefficient (Wildman–Crippen LogP) is 3.27. The van der Waals surface area contributed by atoms with Gasteiger partial charge in [-0.15, -0.1) is 0 Å². The fourth-order valence-electron chi connectivity index (χ4n) is 5.76. The van der Waals surface area contributed by atoms with E-state index >= 15 is 0 Å². The summed E-state index contributed by atoms with van der Waals surface area (Å²) in [6, 6.07) is 17.6. The number of halogens is 1. The highest BCUT2D eigenvalue weighted by Gasteiger charge is 2.78. The summed E-state index contributed by atoms with van der Waals surface area (Å²) in [5.74, 6) is -2.48. The lowest BCUT2D eigenvalue weighted by molar-refractivity contribution is -0.161. The van der Waals surface area contributed by atoms with Crippen molar-refractivity contribution in [3.63, 3.8) is 0 Å². The molecule has 2 N–H and O–H groups in total. The Morgan fingerprint density at radius 2 is 1.69 bits per heavy atom. The van der Waals surface area contributed by atoms with Crippen LogP contribution in [0, 0.1) is 11.7 Å². The van der Waals surface area contributed by atoms with Crippen molar-refractivity contribution in [2.45, 2.75) is 23.2 Å². The molecule has 8 heteroatoms. The second kappa shape index (κ2) is 8.25. The third-order valence-electron chi connectivity index (χ3n) is 7.18.